The first-order chi connectivity index (χ1) is 13.9. The first-order valence-electron chi connectivity index (χ1n) is 9.60. The van der Waals surface area contributed by atoms with E-state index in [0.717, 1.165) is 45.6 Å². The summed E-state index contributed by atoms with van der Waals surface area (Å²) in [6.45, 7) is 6.80. The minimum Gasteiger partial charge on any atom is -0.378 e. The normalized spacial score (nSPS) is 10.8. The molecule has 3 rings (SSSR count). The lowest BCUT2D eigenvalue weighted by Gasteiger charge is -2.13. The monoisotopic (exact) mass is 409 g/mol. The highest BCUT2D eigenvalue weighted by Crippen LogP contribution is 2.26. The maximum atomic E-state index is 12.4. The quantitative estimate of drug-likeness (QED) is 0.587. The molecule has 1 heterocycles. The standard InChI is InChI=1S/C22H27N5OS/c1-6-27-21(17-9-11-18(12-10-17)26(4)5)24-25-22(27)29-14-20(28)23-19-13-15(2)7-8-16(19)3/h7-13H,6,14H2,1-5H3,(H,23,28). The predicted octanol–water partition coefficient (Wildman–Crippen LogP) is 4.38. The number of amides is 1. The molecule has 1 N–H and O–H groups in total. The van der Waals surface area contributed by atoms with E-state index in [1.165, 1.54) is 11.8 Å². The van der Waals surface area contributed by atoms with Crippen molar-refractivity contribution in [1.29, 1.82) is 0 Å². The van der Waals surface area contributed by atoms with E-state index < -0.39 is 0 Å². The molecule has 0 aliphatic heterocycles. The largest absolute Gasteiger partial charge is 0.378 e. The molecule has 0 aliphatic carbocycles. The molecule has 0 saturated heterocycles. The molecule has 1 aromatic heterocycles. The Morgan fingerprint density at radius 1 is 1.10 bits per heavy atom. The number of hydrogen-bond donors (Lipinski definition) is 1. The predicted molar refractivity (Wildman–Crippen MR) is 121 cm³/mol. The first kappa shape index (κ1) is 20.9. The Kier molecular flexibility index (Phi) is 6.59. The zero-order valence-electron chi connectivity index (χ0n) is 17.6. The minimum absolute atomic E-state index is 0.0498. The van der Waals surface area contributed by atoms with E-state index >= 15 is 0 Å². The number of carbonyl (C=O) groups is 1. The molecule has 0 aliphatic rings. The van der Waals surface area contributed by atoms with E-state index in [1.807, 2.05) is 62.8 Å². The summed E-state index contributed by atoms with van der Waals surface area (Å²) in [5.74, 6) is 1.05. The summed E-state index contributed by atoms with van der Waals surface area (Å²) in [5.41, 5.74) is 5.17. The molecule has 152 valence electrons. The number of rotatable bonds is 7. The summed E-state index contributed by atoms with van der Waals surface area (Å²) in [7, 11) is 4.03. The molecule has 6 nitrogen and oxygen atoms in total. The number of aryl methyl sites for hydroxylation is 2. The Morgan fingerprint density at radius 2 is 1.83 bits per heavy atom. The van der Waals surface area contributed by atoms with Crippen LogP contribution in [0.1, 0.15) is 18.1 Å². The minimum atomic E-state index is -0.0498. The van der Waals surface area contributed by atoms with Gasteiger partial charge in [0.1, 0.15) is 0 Å². The Bertz CT molecular complexity index is 995. The molecule has 0 radical (unpaired) electrons. The lowest BCUT2D eigenvalue weighted by atomic mass is 10.1. The molecule has 0 saturated carbocycles. The van der Waals surface area contributed by atoms with Gasteiger partial charge in [0, 0.05) is 37.6 Å². The number of hydrogen-bond acceptors (Lipinski definition) is 5. The summed E-state index contributed by atoms with van der Waals surface area (Å²) in [6.07, 6.45) is 0. The van der Waals surface area contributed by atoms with Gasteiger partial charge in [-0.3, -0.25) is 4.79 Å². The lowest BCUT2D eigenvalue weighted by molar-refractivity contribution is -0.113. The van der Waals surface area contributed by atoms with Crippen LogP contribution < -0.4 is 10.2 Å². The Labute approximate surface area is 176 Å². The molecule has 0 bridgehead atoms. The van der Waals surface area contributed by atoms with Gasteiger partial charge in [-0.25, -0.2) is 0 Å². The molecular weight excluding hydrogens is 382 g/mol. The lowest BCUT2D eigenvalue weighted by Crippen LogP contribution is -2.15. The SMILES string of the molecule is CCn1c(SCC(=O)Nc2cc(C)ccc2C)nnc1-c1ccc(N(C)C)cc1. The fourth-order valence-electron chi connectivity index (χ4n) is 2.99. The van der Waals surface area contributed by atoms with Gasteiger partial charge in [-0.2, -0.15) is 0 Å². The van der Waals surface area contributed by atoms with E-state index in [-0.39, 0.29) is 11.7 Å². The smallest absolute Gasteiger partial charge is 0.234 e. The third-order valence-electron chi connectivity index (χ3n) is 4.67. The highest BCUT2D eigenvalue weighted by atomic mass is 32.2. The Balaban J connectivity index is 1.70. The second kappa shape index (κ2) is 9.13. The maximum Gasteiger partial charge on any atom is 0.234 e. The van der Waals surface area contributed by atoms with Crippen molar-refractivity contribution in [3.05, 3.63) is 53.6 Å². The van der Waals surface area contributed by atoms with Crippen LogP contribution in [-0.4, -0.2) is 40.5 Å². The van der Waals surface area contributed by atoms with Gasteiger partial charge in [0.2, 0.25) is 5.91 Å². The van der Waals surface area contributed by atoms with Crippen LogP contribution in [0.3, 0.4) is 0 Å². The fourth-order valence-corrected chi connectivity index (χ4v) is 3.79. The number of carbonyl (C=O) groups excluding carboxylic acids is 1. The van der Waals surface area contributed by atoms with Gasteiger partial charge in [0.15, 0.2) is 11.0 Å². The number of anilines is 2. The van der Waals surface area contributed by atoms with Crippen LogP contribution in [0.25, 0.3) is 11.4 Å². The summed E-state index contributed by atoms with van der Waals surface area (Å²) >= 11 is 1.40. The molecule has 0 spiro atoms. The van der Waals surface area contributed by atoms with Crippen molar-refractivity contribution < 1.29 is 4.79 Å². The van der Waals surface area contributed by atoms with Crippen LogP contribution in [0.2, 0.25) is 0 Å². The van der Waals surface area contributed by atoms with Crippen molar-refractivity contribution in [3.63, 3.8) is 0 Å². The molecular formula is C22H27N5OS. The van der Waals surface area contributed by atoms with Gasteiger partial charge in [-0.15, -0.1) is 10.2 Å². The zero-order valence-corrected chi connectivity index (χ0v) is 18.4. The summed E-state index contributed by atoms with van der Waals surface area (Å²) in [4.78, 5) is 14.5. The van der Waals surface area contributed by atoms with E-state index in [4.69, 9.17) is 0 Å². The van der Waals surface area contributed by atoms with Crippen molar-refractivity contribution in [2.45, 2.75) is 32.5 Å². The van der Waals surface area contributed by atoms with Gasteiger partial charge in [-0.05, 0) is 62.2 Å². The fraction of sp³-hybridized carbons (Fsp3) is 0.318. The first-order valence-corrected chi connectivity index (χ1v) is 10.6. The molecule has 7 heteroatoms. The number of nitrogens with zero attached hydrogens (tertiary/aromatic N) is 4. The number of benzene rings is 2. The Morgan fingerprint density at radius 3 is 2.48 bits per heavy atom. The van der Waals surface area contributed by atoms with Gasteiger partial charge >= 0.3 is 0 Å². The summed E-state index contributed by atoms with van der Waals surface area (Å²) < 4.78 is 2.04. The van der Waals surface area contributed by atoms with E-state index in [1.54, 1.807) is 0 Å². The van der Waals surface area contributed by atoms with E-state index in [0.29, 0.717) is 0 Å². The number of aromatic nitrogens is 3. The van der Waals surface area contributed by atoms with Crippen LogP contribution in [0.5, 0.6) is 0 Å². The summed E-state index contributed by atoms with van der Waals surface area (Å²) in [5, 5.41) is 12.4. The molecule has 2 aromatic carbocycles. The second-order valence-corrected chi connectivity index (χ2v) is 8.09. The molecule has 0 fully saturated rings. The van der Waals surface area contributed by atoms with Crippen molar-refractivity contribution in [1.82, 2.24) is 14.8 Å². The Hall–Kier alpha value is -2.80. The molecule has 0 unspecified atom stereocenters. The second-order valence-electron chi connectivity index (χ2n) is 7.15. The van der Waals surface area contributed by atoms with Gasteiger partial charge in [0.25, 0.3) is 0 Å². The average Bonchev–Trinajstić information content (AvgIpc) is 3.12. The average molecular weight is 410 g/mol. The van der Waals surface area contributed by atoms with Crippen LogP contribution in [0, 0.1) is 13.8 Å². The highest BCUT2D eigenvalue weighted by Gasteiger charge is 2.15. The van der Waals surface area contributed by atoms with Crippen molar-refractivity contribution in [3.8, 4) is 11.4 Å². The van der Waals surface area contributed by atoms with Crippen LogP contribution in [-0.2, 0) is 11.3 Å². The van der Waals surface area contributed by atoms with Crippen LogP contribution >= 0.6 is 11.8 Å². The maximum absolute atomic E-state index is 12.4. The van der Waals surface area contributed by atoms with E-state index in [9.17, 15) is 4.79 Å². The number of nitrogens with one attached hydrogen (secondary N) is 1. The third kappa shape index (κ3) is 4.98. The third-order valence-corrected chi connectivity index (χ3v) is 5.64. The van der Waals surface area contributed by atoms with Crippen molar-refractivity contribution in [2.24, 2.45) is 0 Å². The zero-order chi connectivity index (χ0) is 21.0. The van der Waals surface area contributed by atoms with E-state index in [2.05, 4.69) is 39.5 Å². The van der Waals surface area contributed by atoms with Crippen LogP contribution in [0.15, 0.2) is 47.6 Å². The van der Waals surface area contributed by atoms with Crippen molar-refractivity contribution in [2.75, 3.05) is 30.1 Å². The van der Waals surface area contributed by atoms with Crippen molar-refractivity contribution >= 4 is 29.0 Å². The molecule has 0 atom stereocenters. The van der Waals surface area contributed by atoms with Gasteiger partial charge < -0.3 is 14.8 Å². The molecule has 3 aromatic rings. The van der Waals surface area contributed by atoms with Crippen LogP contribution in [0.4, 0.5) is 11.4 Å². The molecule has 29 heavy (non-hydrogen) atoms. The molecule has 1 amide bonds. The topological polar surface area (TPSA) is 63.1 Å². The highest BCUT2D eigenvalue weighted by molar-refractivity contribution is 7.99. The summed E-state index contributed by atoms with van der Waals surface area (Å²) in [6, 6.07) is 14.3. The van der Waals surface area contributed by atoms with Gasteiger partial charge in [-0.1, -0.05) is 23.9 Å². The van der Waals surface area contributed by atoms with Gasteiger partial charge in [0.05, 0.1) is 5.75 Å². The number of thioether (sulfide) groups is 1.